The Morgan fingerprint density at radius 2 is 1.94 bits per heavy atom. The maximum atomic E-state index is 11.9. The molecule has 4 nitrogen and oxygen atoms in total. The second kappa shape index (κ2) is 7.67. The number of carbonyl (C=O) groups excluding carboxylic acids is 1. The minimum atomic E-state index is -0.335. The molecule has 0 aromatic rings. The van der Waals surface area contributed by atoms with Crippen LogP contribution in [-0.2, 0) is 9.53 Å². The molecule has 1 aliphatic rings. The highest BCUT2D eigenvalue weighted by Crippen LogP contribution is 2.10. The number of rotatable bonds is 6. The largest absolute Gasteiger partial charge is 0.365 e. The molecule has 1 atom stereocenters. The summed E-state index contributed by atoms with van der Waals surface area (Å²) in [7, 11) is 0. The second-order valence-electron chi connectivity index (χ2n) is 4.75. The quantitative estimate of drug-likeness (QED) is 0.741. The number of hydrogen-bond donors (Lipinski definition) is 2. The minimum Gasteiger partial charge on any atom is -0.365 e. The highest BCUT2D eigenvalue weighted by Gasteiger charge is 2.21. The van der Waals surface area contributed by atoms with Gasteiger partial charge < -0.3 is 15.4 Å². The summed E-state index contributed by atoms with van der Waals surface area (Å²) >= 11 is 0. The van der Waals surface area contributed by atoms with E-state index in [1.54, 1.807) is 0 Å². The van der Waals surface area contributed by atoms with Crippen LogP contribution >= 0.6 is 0 Å². The zero-order chi connectivity index (χ0) is 12.7. The summed E-state index contributed by atoms with van der Waals surface area (Å²) in [5.41, 5.74) is 0. The number of hydrogen-bond acceptors (Lipinski definition) is 3. The third kappa shape index (κ3) is 5.04. The van der Waals surface area contributed by atoms with Crippen LogP contribution in [0.25, 0.3) is 0 Å². The van der Waals surface area contributed by atoms with E-state index in [-0.39, 0.29) is 24.2 Å². The van der Waals surface area contributed by atoms with Gasteiger partial charge in [0.25, 0.3) is 0 Å². The van der Waals surface area contributed by atoms with Crippen LogP contribution in [0, 0.1) is 0 Å². The van der Waals surface area contributed by atoms with Gasteiger partial charge in [-0.1, -0.05) is 13.8 Å². The van der Waals surface area contributed by atoms with E-state index < -0.39 is 0 Å². The first-order chi connectivity index (χ1) is 8.17. The van der Waals surface area contributed by atoms with E-state index in [1.807, 2.05) is 6.92 Å². The molecule has 17 heavy (non-hydrogen) atoms. The Balaban J connectivity index is 2.30. The number of amides is 1. The van der Waals surface area contributed by atoms with Gasteiger partial charge in [-0.25, -0.2) is 0 Å². The molecule has 0 aromatic heterocycles. The van der Waals surface area contributed by atoms with Gasteiger partial charge in [-0.3, -0.25) is 4.79 Å². The smallest absolute Gasteiger partial charge is 0.249 e. The molecule has 1 amide bonds. The zero-order valence-electron chi connectivity index (χ0n) is 11.3. The van der Waals surface area contributed by atoms with Gasteiger partial charge in [0.15, 0.2) is 0 Å². The van der Waals surface area contributed by atoms with E-state index in [2.05, 4.69) is 24.5 Å². The molecule has 2 N–H and O–H groups in total. The lowest BCUT2D eigenvalue weighted by Gasteiger charge is -2.26. The Morgan fingerprint density at radius 1 is 1.35 bits per heavy atom. The van der Waals surface area contributed by atoms with Crippen molar-refractivity contribution in [1.29, 1.82) is 0 Å². The van der Waals surface area contributed by atoms with Gasteiger partial charge >= 0.3 is 0 Å². The maximum Gasteiger partial charge on any atom is 0.249 e. The first-order valence-corrected chi connectivity index (χ1v) is 6.83. The van der Waals surface area contributed by atoms with Gasteiger partial charge in [-0.2, -0.15) is 0 Å². The molecule has 1 heterocycles. The molecule has 1 saturated heterocycles. The minimum absolute atomic E-state index is 0.0252. The van der Waals surface area contributed by atoms with Gasteiger partial charge in [0, 0.05) is 6.04 Å². The normalized spacial score (nSPS) is 19.3. The molecular weight excluding hydrogens is 216 g/mol. The zero-order valence-corrected chi connectivity index (χ0v) is 11.3. The van der Waals surface area contributed by atoms with Crippen molar-refractivity contribution in [3.05, 3.63) is 0 Å². The van der Waals surface area contributed by atoms with Crippen LogP contribution in [-0.4, -0.2) is 37.2 Å². The average Bonchev–Trinajstić information content (AvgIpc) is 2.36. The van der Waals surface area contributed by atoms with Gasteiger partial charge in [-0.05, 0) is 45.7 Å². The van der Waals surface area contributed by atoms with E-state index in [1.165, 1.54) is 0 Å². The molecule has 1 unspecified atom stereocenters. The van der Waals surface area contributed by atoms with E-state index in [0.717, 1.165) is 38.8 Å². The predicted molar refractivity (Wildman–Crippen MR) is 69.0 cm³/mol. The van der Waals surface area contributed by atoms with Crippen LogP contribution in [0.4, 0.5) is 0 Å². The third-order valence-corrected chi connectivity index (χ3v) is 3.38. The Labute approximate surface area is 104 Å². The van der Waals surface area contributed by atoms with E-state index in [9.17, 15) is 4.79 Å². The average molecular weight is 242 g/mol. The Kier molecular flexibility index (Phi) is 6.52. The van der Waals surface area contributed by atoms with Crippen molar-refractivity contribution in [2.24, 2.45) is 0 Å². The van der Waals surface area contributed by atoms with Crippen molar-refractivity contribution in [3.8, 4) is 0 Å². The fourth-order valence-electron chi connectivity index (χ4n) is 2.09. The highest BCUT2D eigenvalue weighted by molar-refractivity contribution is 5.80. The van der Waals surface area contributed by atoms with Crippen molar-refractivity contribution in [1.82, 2.24) is 10.6 Å². The Morgan fingerprint density at radius 3 is 2.47 bits per heavy atom. The SMILES string of the molecule is CCC(CC)NC(=O)C(C)OC1CCNCC1. The van der Waals surface area contributed by atoms with Gasteiger partial charge in [-0.15, -0.1) is 0 Å². The summed E-state index contributed by atoms with van der Waals surface area (Å²) < 4.78 is 5.79. The Hall–Kier alpha value is -0.610. The van der Waals surface area contributed by atoms with Crippen LogP contribution in [0.15, 0.2) is 0 Å². The van der Waals surface area contributed by atoms with Crippen molar-refractivity contribution >= 4 is 5.91 Å². The Bertz CT molecular complexity index is 223. The van der Waals surface area contributed by atoms with E-state index in [4.69, 9.17) is 4.74 Å². The van der Waals surface area contributed by atoms with Crippen LogP contribution < -0.4 is 10.6 Å². The fraction of sp³-hybridized carbons (Fsp3) is 0.923. The molecule has 0 aromatic carbocycles. The van der Waals surface area contributed by atoms with Crippen molar-refractivity contribution in [3.63, 3.8) is 0 Å². The lowest BCUT2D eigenvalue weighted by Crippen LogP contribution is -2.43. The highest BCUT2D eigenvalue weighted by atomic mass is 16.5. The summed E-state index contributed by atoms with van der Waals surface area (Å²) in [5.74, 6) is 0.0252. The second-order valence-corrected chi connectivity index (χ2v) is 4.75. The summed E-state index contributed by atoms with van der Waals surface area (Å²) in [4.78, 5) is 11.9. The van der Waals surface area contributed by atoms with Crippen molar-refractivity contribution in [2.45, 2.75) is 64.7 Å². The number of ether oxygens (including phenoxy) is 1. The van der Waals surface area contributed by atoms with Gasteiger partial charge in [0.1, 0.15) is 6.10 Å². The summed E-state index contributed by atoms with van der Waals surface area (Å²) in [6, 6.07) is 0.279. The summed E-state index contributed by atoms with van der Waals surface area (Å²) in [5, 5.41) is 6.31. The summed E-state index contributed by atoms with van der Waals surface area (Å²) in [6.07, 6.45) is 3.85. The molecule has 0 saturated carbocycles. The molecule has 1 fully saturated rings. The van der Waals surface area contributed by atoms with Crippen molar-refractivity contribution in [2.75, 3.05) is 13.1 Å². The standard InChI is InChI=1S/C13H26N2O2/c1-4-11(5-2)15-13(16)10(3)17-12-6-8-14-9-7-12/h10-12,14H,4-9H2,1-3H3,(H,15,16). The monoisotopic (exact) mass is 242 g/mol. The predicted octanol–water partition coefficient (Wildman–Crippen LogP) is 1.45. The lowest BCUT2D eigenvalue weighted by molar-refractivity contribution is -0.137. The number of piperidine rings is 1. The van der Waals surface area contributed by atoms with Crippen molar-refractivity contribution < 1.29 is 9.53 Å². The molecule has 0 aliphatic carbocycles. The molecule has 0 spiro atoms. The van der Waals surface area contributed by atoms with Crippen LogP contribution in [0.2, 0.25) is 0 Å². The fourth-order valence-corrected chi connectivity index (χ4v) is 2.09. The van der Waals surface area contributed by atoms with E-state index in [0.29, 0.717) is 0 Å². The van der Waals surface area contributed by atoms with Crippen LogP contribution in [0.1, 0.15) is 46.5 Å². The molecule has 1 rings (SSSR count). The molecule has 0 radical (unpaired) electrons. The molecule has 4 heteroatoms. The maximum absolute atomic E-state index is 11.9. The molecular formula is C13H26N2O2. The van der Waals surface area contributed by atoms with E-state index >= 15 is 0 Å². The molecule has 1 aliphatic heterocycles. The molecule has 100 valence electrons. The van der Waals surface area contributed by atoms with Crippen LogP contribution in [0.3, 0.4) is 0 Å². The van der Waals surface area contributed by atoms with Gasteiger partial charge in [0.2, 0.25) is 5.91 Å². The van der Waals surface area contributed by atoms with Gasteiger partial charge in [0.05, 0.1) is 6.10 Å². The number of carbonyl (C=O) groups is 1. The van der Waals surface area contributed by atoms with Crippen LogP contribution in [0.5, 0.6) is 0 Å². The summed E-state index contributed by atoms with van der Waals surface area (Å²) in [6.45, 7) is 8.01. The first kappa shape index (κ1) is 14.5. The lowest BCUT2D eigenvalue weighted by atomic mass is 10.1. The number of nitrogens with one attached hydrogen (secondary N) is 2. The topological polar surface area (TPSA) is 50.4 Å². The third-order valence-electron chi connectivity index (χ3n) is 3.38. The first-order valence-electron chi connectivity index (χ1n) is 6.83. The molecule has 0 bridgehead atoms.